The topological polar surface area (TPSA) is 56.7 Å². The molecule has 0 spiro atoms. The third-order valence-electron chi connectivity index (χ3n) is 2.72. The minimum absolute atomic E-state index is 0.778. The first-order chi connectivity index (χ1) is 8.31. The number of pyridine rings is 1. The predicted molar refractivity (Wildman–Crippen MR) is 70.9 cm³/mol. The molecule has 0 aliphatic rings. The molecule has 17 heavy (non-hydrogen) atoms. The highest BCUT2D eigenvalue weighted by Gasteiger charge is 2.14. The van der Waals surface area contributed by atoms with E-state index >= 15 is 0 Å². The molecule has 0 fully saturated rings. The lowest BCUT2D eigenvalue weighted by atomic mass is 10.4. The highest BCUT2D eigenvalue weighted by molar-refractivity contribution is 7.14. The number of aromatic nitrogens is 3. The highest BCUT2D eigenvalue weighted by Crippen LogP contribution is 2.32. The van der Waals surface area contributed by atoms with Crippen molar-refractivity contribution in [3.63, 3.8) is 0 Å². The van der Waals surface area contributed by atoms with Crippen LogP contribution < -0.4 is 5.73 Å². The summed E-state index contributed by atoms with van der Waals surface area (Å²) in [6.07, 6.45) is 1.79. The van der Waals surface area contributed by atoms with Crippen LogP contribution in [0.3, 0.4) is 0 Å². The quantitative estimate of drug-likeness (QED) is 0.754. The van der Waals surface area contributed by atoms with Gasteiger partial charge in [-0.1, -0.05) is 0 Å². The van der Waals surface area contributed by atoms with Crippen molar-refractivity contribution in [3.8, 4) is 10.7 Å². The minimum atomic E-state index is 0.778. The van der Waals surface area contributed by atoms with Crippen LogP contribution in [0.5, 0.6) is 0 Å². The van der Waals surface area contributed by atoms with Gasteiger partial charge in [-0.25, -0.2) is 9.97 Å². The first kappa shape index (κ1) is 10.3. The Balaban J connectivity index is 2.33. The largest absolute Gasteiger partial charge is 0.397 e. The van der Waals surface area contributed by atoms with Crippen LogP contribution in [0.15, 0.2) is 29.8 Å². The second-order valence-electron chi connectivity index (χ2n) is 3.73. The molecule has 0 saturated heterocycles. The van der Waals surface area contributed by atoms with E-state index in [2.05, 4.69) is 21.5 Å². The van der Waals surface area contributed by atoms with E-state index in [0.29, 0.717) is 0 Å². The van der Waals surface area contributed by atoms with E-state index in [1.807, 2.05) is 23.6 Å². The maximum absolute atomic E-state index is 5.95. The summed E-state index contributed by atoms with van der Waals surface area (Å²) in [6, 6.07) is 5.78. The number of hydrogen-bond donors (Lipinski definition) is 1. The monoisotopic (exact) mass is 244 g/mol. The number of rotatable bonds is 2. The molecule has 0 aromatic carbocycles. The Morgan fingerprint density at radius 1 is 1.41 bits per heavy atom. The summed E-state index contributed by atoms with van der Waals surface area (Å²) in [7, 11) is 0. The fraction of sp³-hybridized carbons (Fsp3) is 0.167. The maximum Gasteiger partial charge on any atom is 0.160 e. The van der Waals surface area contributed by atoms with Crippen molar-refractivity contribution in [2.75, 3.05) is 5.73 Å². The molecular formula is C12H12N4S. The number of aryl methyl sites for hydroxylation is 1. The standard InChI is InChI=1S/C12H12N4S/c1-2-16-11-9(4-3-6-14-11)15-12(16)10-8(13)5-7-17-10/h3-7H,2,13H2,1H3. The number of fused-ring (bicyclic) bond motifs is 1. The second kappa shape index (κ2) is 3.85. The van der Waals surface area contributed by atoms with Crippen LogP contribution in [0.1, 0.15) is 6.92 Å². The van der Waals surface area contributed by atoms with Crippen molar-refractivity contribution >= 4 is 28.2 Å². The lowest BCUT2D eigenvalue weighted by Crippen LogP contribution is -1.98. The molecule has 0 amide bonds. The molecule has 0 radical (unpaired) electrons. The average molecular weight is 244 g/mol. The van der Waals surface area contributed by atoms with Gasteiger partial charge >= 0.3 is 0 Å². The van der Waals surface area contributed by atoms with Gasteiger partial charge in [-0.05, 0) is 30.5 Å². The van der Waals surface area contributed by atoms with Crippen molar-refractivity contribution in [3.05, 3.63) is 29.8 Å². The summed E-state index contributed by atoms with van der Waals surface area (Å²) < 4.78 is 2.09. The fourth-order valence-electron chi connectivity index (χ4n) is 1.93. The summed E-state index contributed by atoms with van der Waals surface area (Å²) in [5.41, 5.74) is 8.56. The van der Waals surface area contributed by atoms with Crippen LogP contribution in [0, 0.1) is 0 Å². The Morgan fingerprint density at radius 2 is 2.29 bits per heavy atom. The zero-order chi connectivity index (χ0) is 11.8. The zero-order valence-electron chi connectivity index (χ0n) is 9.42. The predicted octanol–water partition coefficient (Wildman–Crippen LogP) is 2.76. The van der Waals surface area contributed by atoms with Gasteiger partial charge in [-0.2, -0.15) is 0 Å². The van der Waals surface area contributed by atoms with Crippen LogP contribution in [0.4, 0.5) is 5.69 Å². The van der Waals surface area contributed by atoms with Gasteiger partial charge in [-0.15, -0.1) is 11.3 Å². The maximum atomic E-state index is 5.95. The second-order valence-corrected chi connectivity index (χ2v) is 4.65. The molecule has 3 aromatic heterocycles. The van der Waals surface area contributed by atoms with Gasteiger partial charge in [0.25, 0.3) is 0 Å². The van der Waals surface area contributed by atoms with Crippen LogP contribution in [0.25, 0.3) is 21.9 Å². The molecule has 0 unspecified atom stereocenters. The van der Waals surface area contributed by atoms with Crippen molar-refractivity contribution < 1.29 is 0 Å². The third-order valence-corrected chi connectivity index (χ3v) is 3.64. The molecule has 3 heterocycles. The van der Waals surface area contributed by atoms with Crippen LogP contribution >= 0.6 is 11.3 Å². The first-order valence-corrected chi connectivity index (χ1v) is 6.34. The van der Waals surface area contributed by atoms with Crippen LogP contribution in [-0.4, -0.2) is 14.5 Å². The van der Waals surface area contributed by atoms with E-state index in [9.17, 15) is 0 Å². The number of nitrogen functional groups attached to an aromatic ring is 1. The Labute approximate surface area is 103 Å². The molecule has 5 heteroatoms. The van der Waals surface area contributed by atoms with Gasteiger partial charge in [0.2, 0.25) is 0 Å². The van der Waals surface area contributed by atoms with Gasteiger partial charge in [0.15, 0.2) is 11.5 Å². The number of nitrogens with zero attached hydrogens (tertiary/aromatic N) is 3. The molecule has 86 valence electrons. The minimum Gasteiger partial charge on any atom is -0.397 e. The lowest BCUT2D eigenvalue weighted by molar-refractivity contribution is 0.789. The van der Waals surface area contributed by atoms with Gasteiger partial charge in [-0.3, -0.25) is 0 Å². The van der Waals surface area contributed by atoms with Gasteiger partial charge in [0.05, 0.1) is 10.6 Å². The van der Waals surface area contributed by atoms with E-state index in [1.54, 1.807) is 17.5 Å². The normalized spacial score (nSPS) is 11.1. The van der Waals surface area contributed by atoms with E-state index in [1.165, 1.54) is 0 Å². The first-order valence-electron chi connectivity index (χ1n) is 5.46. The molecule has 3 rings (SSSR count). The van der Waals surface area contributed by atoms with Crippen LogP contribution in [0.2, 0.25) is 0 Å². The number of hydrogen-bond acceptors (Lipinski definition) is 4. The molecule has 2 N–H and O–H groups in total. The SMILES string of the molecule is CCn1c(-c2sccc2N)nc2cccnc21. The molecular weight excluding hydrogens is 232 g/mol. The molecule has 0 bridgehead atoms. The zero-order valence-corrected chi connectivity index (χ0v) is 10.2. The Bertz CT molecular complexity index is 668. The summed E-state index contributed by atoms with van der Waals surface area (Å²) in [5, 5.41) is 1.98. The summed E-state index contributed by atoms with van der Waals surface area (Å²) in [4.78, 5) is 10.0. The molecule has 0 aliphatic heterocycles. The Kier molecular flexibility index (Phi) is 2.33. The van der Waals surface area contributed by atoms with Gasteiger partial charge in [0.1, 0.15) is 5.52 Å². The summed E-state index contributed by atoms with van der Waals surface area (Å²) in [6.45, 7) is 2.92. The molecule has 0 saturated carbocycles. The van der Waals surface area contributed by atoms with Crippen LogP contribution in [-0.2, 0) is 6.54 Å². The van der Waals surface area contributed by atoms with Gasteiger partial charge in [0, 0.05) is 12.7 Å². The summed E-state index contributed by atoms with van der Waals surface area (Å²) >= 11 is 1.61. The van der Waals surface area contributed by atoms with E-state index in [-0.39, 0.29) is 0 Å². The molecule has 0 atom stereocenters. The molecule has 4 nitrogen and oxygen atoms in total. The summed E-state index contributed by atoms with van der Waals surface area (Å²) in [5.74, 6) is 0.911. The van der Waals surface area contributed by atoms with E-state index in [0.717, 1.165) is 34.1 Å². The Morgan fingerprint density at radius 3 is 3.00 bits per heavy atom. The third kappa shape index (κ3) is 1.51. The Hall–Kier alpha value is -1.88. The van der Waals surface area contributed by atoms with Gasteiger partial charge < -0.3 is 10.3 Å². The molecule has 0 aliphatic carbocycles. The number of anilines is 1. The average Bonchev–Trinajstić information content (AvgIpc) is 2.91. The van der Waals surface area contributed by atoms with Crippen molar-refractivity contribution in [2.24, 2.45) is 0 Å². The molecule has 3 aromatic rings. The smallest absolute Gasteiger partial charge is 0.160 e. The number of nitrogens with two attached hydrogens (primary N) is 1. The van der Waals surface area contributed by atoms with Crippen molar-refractivity contribution in [1.29, 1.82) is 0 Å². The van der Waals surface area contributed by atoms with Crippen molar-refractivity contribution in [1.82, 2.24) is 14.5 Å². The van der Waals surface area contributed by atoms with E-state index < -0.39 is 0 Å². The van der Waals surface area contributed by atoms with Crippen molar-refractivity contribution in [2.45, 2.75) is 13.5 Å². The number of imidazole rings is 1. The number of thiophene rings is 1. The van der Waals surface area contributed by atoms with E-state index in [4.69, 9.17) is 5.73 Å². The highest BCUT2D eigenvalue weighted by atomic mass is 32.1. The lowest BCUT2D eigenvalue weighted by Gasteiger charge is -2.03. The fourth-order valence-corrected chi connectivity index (χ4v) is 2.75.